The molecule has 16 heavy (non-hydrogen) atoms. The molecule has 0 aromatic rings. The Morgan fingerprint density at radius 1 is 1.38 bits per heavy atom. The second kappa shape index (κ2) is 5.75. The topological polar surface area (TPSA) is 46.5 Å². The van der Waals surface area contributed by atoms with Crippen LogP contribution in [0.5, 0.6) is 0 Å². The third kappa shape index (κ3) is 3.42. The largest absolute Gasteiger partial charge is 0.463 e. The van der Waals surface area contributed by atoms with Crippen molar-refractivity contribution in [3.05, 3.63) is 0 Å². The van der Waals surface area contributed by atoms with E-state index in [-0.39, 0.29) is 13.0 Å². The molecule has 0 fully saturated rings. The summed E-state index contributed by atoms with van der Waals surface area (Å²) in [6.07, 6.45) is -4.47. The molecule has 0 radical (unpaired) electrons. The summed E-state index contributed by atoms with van der Waals surface area (Å²) in [4.78, 5) is 11.0. The highest BCUT2D eigenvalue weighted by Crippen LogP contribution is 2.31. The summed E-state index contributed by atoms with van der Waals surface area (Å²) in [6, 6.07) is 0. The molecule has 92 valence electrons. The van der Waals surface area contributed by atoms with E-state index < -0.39 is 17.7 Å². The van der Waals surface area contributed by atoms with Crippen molar-refractivity contribution in [3.63, 3.8) is 0 Å². The van der Waals surface area contributed by atoms with Crippen molar-refractivity contribution in [3.8, 4) is 11.8 Å². The zero-order chi connectivity index (χ0) is 12.8. The molecule has 1 unspecified atom stereocenters. The van der Waals surface area contributed by atoms with Crippen LogP contribution in [0.25, 0.3) is 0 Å². The lowest BCUT2D eigenvalue weighted by Crippen LogP contribution is -2.52. The van der Waals surface area contributed by atoms with Crippen LogP contribution >= 0.6 is 0 Å². The molecule has 1 atom stereocenters. The number of esters is 1. The van der Waals surface area contributed by atoms with Crippen LogP contribution in [0.15, 0.2) is 0 Å². The third-order valence-electron chi connectivity index (χ3n) is 1.63. The smallest absolute Gasteiger partial charge is 0.440 e. The number of halogens is 3. The highest BCUT2D eigenvalue weighted by Gasteiger charge is 2.60. The molecule has 0 saturated carbocycles. The molecule has 6 heteroatoms. The Morgan fingerprint density at radius 2 is 1.94 bits per heavy atom. The highest BCUT2D eigenvalue weighted by atomic mass is 19.4. The number of hydrogen-bond acceptors (Lipinski definition) is 3. The van der Waals surface area contributed by atoms with Gasteiger partial charge >= 0.3 is 17.7 Å². The van der Waals surface area contributed by atoms with Gasteiger partial charge in [0.1, 0.15) is 0 Å². The van der Waals surface area contributed by atoms with Crippen LogP contribution in [0.2, 0.25) is 0 Å². The van der Waals surface area contributed by atoms with E-state index in [2.05, 4.69) is 10.7 Å². The van der Waals surface area contributed by atoms with Crippen molar-refractivity contribution in [2.24, 2.45) is 0 Å². The fourth-order valence-electron chi connectivity index (χ4n) is 0.789. The Labute approximate surface area is 91.6 Å². The van der Waals surface area contributed by atoms with Gasteiger partial charge in [0.15, 0.2) is 0 Å². The number of carbonyl (C=O) groups is 1. The van der Waals surface area contributed by atoms with E-state index in [9.17, 15) is 23.1 Å². The first-order chi connectivity index (χ1) is 7.29. The molecule has 0 aromatic carbocycles. The van der Waals surface area contributed by atoms with Crippen LogP contribution < -0.4 is 0 Å². The fourth-order valence-corrected chi connectivity index (χ4v) is 0.789. The van der Waals surface area contributed by atoms with Gasteiger partial charge in [-0.3, -0.25) is 0 Å². The van der Waals surface area contributed by atoms with Gasteiger partial charge in [0.05, 0.1) is 6.61 Å². The minimum absolute atomic E-state index is 0.164. The Kier molecular flexibility index (Phi) is 5.31. The number of ether oxygens (including phenoxy) is 1. The average Bonchev–Trinajstić information content (AvgIpc) is 2.16. The zero-order valence-corrected chi connectivity index (χ0v) is 9.02. The van der Waals surface area contributed by atoms with Crippen LogP contribution in [-0.4, -0.2) is 29.5 Å². The summed E-state index contributed by atoms with van der Waals surface area (Å²) in [5.41, 5.74) is -3.72. The van der Waals surface area contributed by atoms with Crippen LogP contribution in [0.4, 0.5) is 13.2 Å². The van der Waals surface area contributed by atoms with Gasteiger partial charge in [-0.25, -0.2) is 4.79 Å². The molecule has 0 bridgehead atoms. The summed E-state index contributed by atoms with van der Waals surface area (Å²) >= 11 is 0. The molecule has 0 aliphatic heterocycles. The van der Waals surface area contributed by atoms with Crippen LogP contribution in [0.3, 0.4) is 0 Å². The number of aliphatic hydroxyl groups is 1. The van der Waals surface area contributed by atoms with Gasteiger partial charge in [-0.1, -0.05) is 12.8 Å². The van der Waals surface area contributed by atoms with Crippen molar-refractivity contribution in [1.82, 2.24) is 0 Å². The average molecular weight is 238 g/mol. The molecule has 0 rings (SSSR count). The van der Waals surface area contributed by atoms with Gasteiger partial charge in [-0.2, -0.15) is 13.2 Å². The Hall–Kier alpha value is -1.22. The summed E-state index contributed by atoms with van der Waals surface area (Å²) in [5, 5.41) is 9.20. The quantitative estimate of drug-likeness (QED) is 0.600. The number of hydrogen-bond donors (Lipinski definition) is 1. The van der Waals surface area contributed by atoms with Crippen molar-refractivity contribution in [2.75, 3.05) is 6.61 Å². The van der Waals surface area contributed by atoms with E-state index >= 15 is 0 Å². The monoisotopic (exact) mass is 238 g/mol. The Balaban J connectivity index is 5.07. The minimum atomic E-state index is -5.17. The number of rotatable bonds is 3. The van der Waals surface area contributed by atoms with E-state index in [1.807, 2.05) is 0 Å². The standard InChI is InChI=1S/C10H13F3O3/c1-3-5-6-7-9(15,10(11,12)13)8(14)16-4-2/h15H,3-5H2,1-2H3. The molecule has 0 amide bonds. The molecule has 0 spiro atoms. The number of carbonyl (C=O) groups excluding carboxylic acids is 1. The second-order valence-electron chi connectivity index (χ2n) is 2.98. The number of unbranched alkanes of at least 4 members (excludes halogenated alkanes) is 1. The third-order valence-corrected chi connectivity index (χ3v) is 1.63. The van der Waals surface area contributed by atoms with Gasteiger partial charge in [-0.15, -0.1) is 0 Å². The van der Waals surface area contributed by atoms with E-state index in [4.69, 9.17) is 0 Å². The molecule has 0 aromatic heterocycles. The summed E-state index contributed by atoms with van der Waals surface area (Å²) < 4.78 is 41.5. The van der Waals surface area contributed by atoms with Gasteiger partial charge < -0.3 is 9.84 Å². The number of alkyl halides is 3. The van der Waals surface area contributed by atoms with E-state index in [1.165, 1.54) is 12.8 Å². The first-order valence-corrected chi connectivity index (χ1v) is 4.76. The molecule has 0 aliphatic rings. The van der Waals surface area contributed by atoms with Gasteiger partial charge in [-0.05, 0) is 19.3 Å². The molecule has 0 saturated heterocycles. The van der Waals surface area contributed by atoms with Gasteiger partial charge in [0.25, 0.3) is 0 Å². The second-order valence-corrected chi connectivity index (χ2v) is 2.98. The molecule has 1 N–H and O–H groups in total. The summed E-state index contributed by atoms with van der Waals surface area (Å²) in [5.74, 6) is 1.84. The van der Waals surface area contributed by atoms with E-state index in [1.54, 1.807) is 6.92 Å². The van der Waals surface area contributed by atoms with Crippen molar-refractivity contribution >= 4 is 5.97 Å². The first-order valence-electron chi connectivity index (χ1n) is 4.76. The highest BCUT2D eigenvalue weighted by molar-refractivity contribution is 5.84. The lowest BCUT2D eigenvalue weighted by molar-refractivity contribution is -0.242. The van der Waals surface area contributed by atoms with Crippen molar-refractivity contribution < 1.29 is 27.8 Å². The maximum absolute atomic E-state index is 12.5. The predicted octanol–water partition coefficient (Wildman–Crippen LogP) is 1.65. The molecule has 0 heterocycles. The van der Waals surface area contributed by atoms with Crippen molar-refractivity contribution in [1.29, 1.82) is 0 Å². The molecular formula is C10H13F3O3. The van der Waals surface area contributed by atoms with E-state index in [0.717, 1.165) is 0 Å². The Bertz CT molecular complexity index is 301. The molecule has 0 aliphatic carbocycles. The molecular weight excluding hydrogens is 225 g/mol. The summed E-state index contributed by atoms with van der Waals surface area (Å²) in [6.45, 7) is 2.80. The lowest BCUT2D eigenvalue weighted by Gasteiger charge is -2.22. The first kappa shape index (κ1) is 14.8. The van der Waals surface area contributed by atoms with Gasteiger partial charge in [0, 0.05) is 6.42 Å². The Morgan fingerprint density at radius 3 is 2.31 bits per heavy atom. The fraction of sp³-hybridized carbons (Fsp3) is 0.700. The van der Waals surface area contributed by atoms with Gasteiger partial charge in [0.2, 0.25) is 0 Å². The molecule has 3 nitrogen and oxygen atoms in total. The zero-order valence-electron chi connectivity index (χ0n) is 9.02. The maximum atomic E-state index is 12.5. The van der Waals surface area contributed by atoms with Crippen LogP contribution in [0, 0.1) is 11.8 Å². The van der Waals surface area contributed by atoms with Crippen LogP contribution in [0.1, 0.15) is 26.7 Å². The van der Waals surface area contributed by atoms with Crippen molar-refractivity contribution in [2.45, 2.75) is 38.5 Å². The summed E-state index contributed by atoms with van der Waals surface area (Å²) in [7, 11) is 0. The predicted molar refractivity (Wildman–Crippen MR) is 50.3 cm³/mol. The minimum Gasteiger partial charge on any atom is -0.463 e. The SMILES string of the molecule is CCCC#CC(O)(C(=O)OCC)C(F)(F)F. The van der Waals surface area contributed by atoms with E-state index in [0.29, 0.717) is 6.42 Å². The normalized spacial score (nSPS) is 14.6. The van der Waals surface area contributed by atoms with Crippen LogP contribution in [-0.2, 0) is 9.53 Å². The maximum Gasteiger partial charge on any atom is 0.440 e. The lowest BCUT2D eigenvalue weighted by atomic mass is 10.0.